The van der Waals surface area contributed by atoms with E-state index in [-0.39, 0.29) is 12.7 Å². The Morgan fingerprint density at radius 2 is 1.76 bits per heavy atom. The maximum atomic E-state index is 13.3. The Kier molecular flexibility index (Phi) is 4.13. The summed E-state index contributed by atoms with van der Waals surface area (Å²) in [5.41, 5.74) is 3.55. The summed E-state index contributed by atoms with van der Waals surface area (Å²) in [7, 11) is 0. The number of nitrogens with one attached hydrogen (secondary N) is 1. The van der Waals surface area contributed by atoms with Crippen LogP contribution in [0.2, 0.25) is 0 Å². The zero-order chi connectivity index (χ0) is 12.3. The van der Waals surface area contributed by atoms with Crippen molar-refractivity contribution >= 4 is 0 Å². The van der Waals surface area contributed by atoms with Crippen molar-refractivity contribution in [3.63, 3.8) is 0 Å². The van der Waals surface area contributed by atoms with Crippen molar-refractivity contribution in [2.24, 2.45) is 0 Å². The monoisotopic (exact) mass is 236 g/mol. The summed E-state index contributed by atoms with van der Waals surface area (Å²) in [4.78, 5) is 2.24. The van der Waals surface area contributed by atoms with Gasteiger partial charge in [-0.2, -0.15) is 0 Å². The Hall–Kier alpha value is -0.930. The fourth-order valence-corrected chi connectivity index (χ4v) is 2.59. The van der Waals surface area contributed by atoms with Gasteiger partial charge in [0.05, 0.1) is 6.04 Å². The third kappa shape index (κ3) is 3.05. The first kappa shape index (κ1) is 12.5. The smallest absolute Gasteiger partial charge is 0.109 e. The third-order valence-electron chi connectivity index (χ3n) is 3.37. The van der Waals surface area contributed by atoms with Crippen molar-refractivity contribution in [1.29, 1.82) is 0 Å². The number of alkyl halides is 1. The topological polar surface area (TPSA) is 15.3 Å². The number of benzene rings is 1. The Labute approximate surface area is 103 Å². The van der Waals surface area contributed by atoms with E-state index in [4.69, 9.17) is 0 Å². The number of rotatable bonds is 3. The van der Waals surface area contributed by atoms with Gasteiger partial charge in [0, 0.05) is 26.2 Å². The molecule has 0 spiro atoms. The van der Waals surface area contributed by atoms with Crippen LogP contribution in [-0.2, 0) is 0 Å². The predicted molar refractivity (Wildman–Crippen MR) is 69.1 cm³/mol. The van der Waals surface area contributed by atoms with Crippen molar-refractivity contribution < 1.29 is 4.39 Å². The number of hydrogen-bond acceptors (Lipinski definition) is 2. The van der Waals surface area contributed by atoms with E-state index in [1.165, 1.54) is 11.1 Å². The Morgan fingerprint density at radius 3 is 2.29 bits per heavy atom. The molecule has 0 aliphatic carbocycles. The van der Waals surface area contributed by atoms with Crippen LogP contribution in [0.3, 0.4) is 0 Å². The number of piperazine rings is 1. The van der Waals surface area contributed by atoms with Gasteiger partial charge in [-0.3, -0.25) is 4.90 Å². The molecule has 1 saturated heterocycles. The second-order valence-corrected chi connectivity index (χ2v) is 4.88. The molecule has 1 aromatic carbocycles. The van der Waals surface area contributed by atoms with E-state index in [1.807, 2.05) is 0 Å². The molecule has 1 aromatic rings. The van der Waals surface area contributed by atoms with Crippen LogP contribution in [-0.4, -0.2) is 37.8 Å². The van der Waals surface area contributed by atoms with E-state index < -0.39 is 0 Å². The average Bonchev–Trinajstić information content (AvgIpc) is 2.30. The lowest BCUT2D eigenvalue weighted by molar-refractivity contribution is 0.147. The van der Waals surface area contributed by atoms with E-state index in [2.05, 4.69) is 42.3 Å². The maximum absolute atomic E-state index is 13.3. The van der Waals surface area contributed by atoms with E-state index >= 15 is 0 Å². The molecular weight excluding hydrogens is 215 g/mol. The van der Waals surface area contributed by atoms with E-state index in [0.29, 0.717) is 0 Å². The predicted octanol–water partition coefficient (Wildman–Crippen LogP) is 2.22. The molecule has 0 unspecified atom stereocenters. The highest BCUT2D eigenvalue weighted by Gasteiger charge is 2.22. The van der Waals surface area contributed by atoms with Gasteiger partial charge in [-0.1, -0.05) is 29.3 Å². The van der Waals surface area contributed by atoms with Crippen molar-refractivity contribution in [1.82, 2.24) is 10.2 Å². The van der Waals surface area contributed by atoms with Crippen LogP contribution >= 0.6 is 0 Å². The summed E-state index contributed by atoms with van der Waals surface area (Å²) >= 11 is 0. The summed E-state index contributed by atoms with van der Waals surface area (Å²) in [6.45, 7) is 7.63. The van der Waals surface area contributed by atoms with Crippen LogP contribution in [0.4, 0.5) is 4.39 Å². The van der Waals surface area contributed by atoms with Gasteiger partial charge in [0.15, 0.2) is 0 Å². The summed E-state index contributed by atoms with van der Waals surface area (Å²) in [5.74, 6) is 0. The minimum absolute atomic E-state index is 0.0734. The number of halogens is 1. The highest BCUT2D eigenvalue weighted by Crippen LogP contribution is 2.23. The van der Waals surface area contributed by atoms with Gasteiger partial charge in [-0.15, -0.1) is 0 Å². The molecule has 0 amide bonds. The highest BCUT2D eigenvalue weighted by atomic mass is 19.1. The minimum Gasteiger partial charge on any atom is -0.314 e. The zero-order valence-electron chi connectivity index (χ0n) is 10.7. The molecule has 0 aromatic heterocycles. The molecule has 1 aliphatic heterocycles. The molecule has 1 atom stereocenters. The lowest BCUT2D eigenvalue weighted by Gasteiger charge is -2.34. The van der Waals surface area contributed by atoms with Crippen LogP contribution < -0.4 is 5.32 Å². The molecule has 1 fully saturated rings. The molecule has 94 valence electrons. The van der Waals surface area contributed by atoms with Gasteiger partial charge in [0.2, 0.25) is 0 Å². The van der Waals surface area contributed by atoms with E-state index in [1.54, 1.807) is 0 Å². The van der Waals surface area contributed by atoms with Crippen molar-refractivity contribution in [3.8, 4) is 0 Å². The Morgan fingerprint density at radius 1 is 1.18 bits per heavy atom. The summed E-state index contributed by atoms with van der Waals surface area (Å²) in [5, 5.41) is 3.30. The van der Waals surface area contributed by atoms with Crippen LogP contribution in [0.1, 0.15) is 22.7 Å². The molecular formula is C14H21FN2. The largest absolute Gasteiger partial charge is 0.314 e. The molecule has 17 heavy (non-hydrogen) atoms. The van der Waals surface area contributed by atoms with Crippen LogP contribution in [0.25, 0.3) is 0 Å². The first-order valence-corrected chi connectivity index (χ1v) is 6.29. The second-order valence-electron chi connectivity index (χ2n) is 4.88. The Bertz CT molecular complexity index is 352. The van der Waals surface area contributed by atoms with Gasteiger partial charge in [-0.05, 0) is 19.4 Å². The standard InChI is InChI=1S/C14H21FN2/c1-11-7-12(2)9-13(8-11)14(10-15)17-5-3-16-4-6-17/h7-9,14,16H,3-6,10H2,1-2H3/t14-/m0/s1. The maximum Gasteiger partial charge on any atom is 0.109 e. The lowest BCUT2D eigenvalue weighted by Crippen LogP contribution is -2.45. The SMILES string of the molecule is Cc1cc(C)cc([C@H](CF)N2CCNCC2)c1. The van der Waals surface area contributed by atoms with Crippen LogP contribution in [0.5, 0.6) is 0 Å². The lowest BCUT2D eigenvalue weighted by atomic mass is 10.0. The summed E-state index contributed by atoms with van der Waals surface area (Å²) < 4.78 is 13.3. The molecule has 0 saturated carbocycles. The first-order valence-electron chi connectivity index (χ1n) is 6.29. The Balaban J connectivity index is 2.21. The molecule has 2 rings (SSSR count). The fraction of sp³-hybridized carbons (Fsp3) is 0.571. The van der Waals surface area contributed by atoms with Gasteiger partial charge >= 0.3 is 0 Å². The van der Waals surface area contributed by atoms with E-state index in [9.17, 15) is 4.39 Å². The third-order valence-corrected chi connectivity index (χ3v) is 3.37. The van der Waals surface area contributed by atoms with Crippen LogP contribution in [0.15, 0.2) is 18.2 Å². The highest BCUT2D eigenvalue weighted by molar-refractivity contribution is 5.31. The number of hydrogen-bond donors (Lipinski definition) is 1. The second kappa shape index (κ2) is 5.61. The number of nitrogens with zero attached hydrogens (tertiary/aromatic N) is 1. The molecule has 0 bridgehead atoms. The summed E-state index contributed by atoms with van der Waals surface area (Å²) in [6, 6.07) is 6.28. The fourth-order valence-electron chi connectivity index (χ4n) is 2.59. The van der Waals surface area contributed by atoms with Gasteiger partial charge in [0.25, 0.3) is 0 Å². The van der Waals surface area contributed by atoms with Crippen LogP contribution in [0, 0.1) is 13.8 Å². The number of aryl methyl sites for hydroxylation is 2. The normalized spacial score (nSPS) is 19.2. The quantitative estimate of drug-likeness (QED) is 0.865. The molecule has 3 heteroatoms. The molecule has 1 heterocycles. The van der Waals surface area contributed by atoms with Crippen molar-refractivity contribution in [2.45, 2.75) is 19.9 Å². The van der Waals surface area contributed by atoms with Gasteiger partial charge < -0.3 is 5.32 Å². The molecule has 2 nitrogen and oxygen atoms in total. The molecule has 1 aliphatic rings. The van der Waals surface area contributed by atoms with Crippen molar-refractivity contribution in [2.75, 3.05) is 32.9 Å². The average molecular weight is 236 g/mol. The van der Waals surface area contributed by atoms with Gasteiger partial charge in [-0.25, -0.2) is 4.39 Å². The molecule has 1 N–H and O–H groups in total. The van der Waals surface area contributed by atoms with E-state index in [0.717, 1.165) is 31.7 Å². The minimum atomic E-state index is -0.303. The zero-order valence-corrected chi connectivity index (χ0v) is 10.7. The summed E-state index contributed by atoms with van der Waals surface area (Å²) in [6.07, 6.45) is 0. The first-order chi connectivity index (χ1) is 8.20. The molecule has 0 radical (unpaired) electrons. The van der Waals surface area contributed by atoms with Crippen molar-refractivity contribution in [3.05, 3.63) is 34.9 Å². The van der Waals surface area contributed by atoms with Gasteiger partial charge in [0.1, 0.15) is 6.67 Å².